The highest BCUT2D eigenvalue weighted by atomic mass is 19.2. The fraction of sp³-hybridized carbons (Fsp3) is 0.267. The number of hydrogen-bond acceptors (Lipinski definition) is 4. The minimum Gasteiger partial charge on any atom is -0.493 e. The Morgan fingerprint density at radius 2 is 1.74 bits per heavy atom. The minimum absolute atomic E-state index is 0.0517. The maximum Gasteiger partial charge on any atom is 0.232 e. The first kappa shape index (κ1) is 24.4. The predicted octanol–water partition coefficient (Wildman–Crippen LogP) is 6.72. The molecule has 1 atom stereocenters. The molecule has 5 nitrogen and oxygen atoms in total. The Hall–Kier alpha value is -3.91. The van der Waals surface area contributed by atoms with Crippen LogP contribution in [-0.4, -0.2) is 30.7 Å². The maximum absolute atomic E-state index is 14.8. The normalized spacial score (nSPS) is 17.6. The first-order chi connectivity index (χ1) is 18.5. The van der Waals surface area contributed by atoms with Gasteiger partial charge in [0, 0.05) is 41.4 Å². The first-order valence-corrected chi connectivity index (χ1v) is 12.7. The molecular weight excluding hydrogens is 493 g/mol. The summed E-state index contributed by atoms with van der Waals surface area (Å²) in [5.41, 5.74) is 2.76. The zero-order valence-corrected chi connectivity index (χ0v) is 20.5. The van der Waals surface area contributed by atoms with Gasteiger partial charge in [-0.1, -0.05) is 36.4 Å². The van der Waals surface area contributed by atoms with Crippen LogP contribution in [0.15, 0.2) is 60.8 Å². The molecule has 2 aliphatic rings. The molecule has 3 aromatic carbocycles. The second kappa shape index (κ2) is 10.1. The van der Waals surface area contributed by atoms with E-state index in [4.69, 9.17) is 9.47 Å². The molecule has 2 aliphatic heterocycles. The molecule has 1 N–H and O–H groups in total. The third-order valence-electron chi connectivity index (χ3n) is 7.38. The fourth-order valence-electron chi connectivity index (χ4n) is 5.57. The van der Waals surface area contributed by atoms with E-state index in [1.165, 1.54) is 0 Å². The standard InChI is InChI=1S/C30H25F3N2O3/c31-18-14-23(28(33)24(32)15-18)20-5-3-6-22-27(17-8-11-37-12-9-17)25(16-34-29(20)22)35-30(36)21-10-13-38-26-7-2-1-4-19(21)26/h1-7,14-17,21H,8-13H2,(H,35,36). The summed E-state index contributed by atoms with van der Waals surface area (Å²) in [4.78, 5) is 18.1. The second-order valence-corrected chi connectivity index (χ2v) is 9.64. The molecule has 1 amide bonds. The lowest BCUT2D eigenvalue weighted by Crippen LogP contribution is -2.27. The number of carbonyl (C=O) groups excluding carboxylic acids is 1. The Labute approximate surface area is 217 Å². The molecule has 0 aliphatic carbocycles. The molecule has 194 valence electrons. The van der Waals surface area contributed by atoms with Crippen LogP contribution in [0.5, 0.6) is 5.75 Å². The van der Waals surface area contributed by atoms with E-state index in [0.29, 0.717) is 54.6 Å². The molecule has 1 aromatic heterocycles. The van der Waals surface area contributed by atoms with Gasteiger partial charge in [-0.2, -0.15) is 0 Å². The van der Waals surface area contributed by atoms with Crippen molar-refractivity contribution in [1.82, 2.24) is 4.98 Å². The fourth-order valence-corrected chi connectivity index (χ4v) is 5.57. The lowest BCUT2D eigenvalue weighted by atomic mass is 9.86. The molecule has 1 saturated heterocycles. The van der Waals surface area contributed by atoms with E-state index < -0.39 is 17.5 Å². The number of hydrogen-bond donors (Lipinski definition) is 1. The second-order valence-electron chi connectivity index (χ2n) is 9.64. The number of fused-ring (bicyclic) bond motifs is 2. The Balaban J connectivity index is 1.46. The van der Waals surface area contributed by atoms with Gasteiger partial charge in [0.05, 0.1) is 29.9 Å². The Bertz CT molecular complexity index is 1540. The van der Waals surface area contributed by atoms with Crippen molar-refractivity contribution in [3.63, 3.8) is 0 Å². The molecule has 0 radical (unpaired) electrons. The molecule has 38 heavy (non-hydrogen) atoms. The van der Waals surface area contributed by atoms with Gasteiger partial charge in [-0.15, -0.1) is 0 Å². The number of halogens is 3. The van der Waals surface area contributed by atoms with Gasteiger partial charge in [0.15, 0.2) is 11.6 Å². The van der Waals surface area contributed by atoms with E-state index in [-0.39, 0.29) is 28.9 Å². The number of anilines is 1. The third kappa shape index (κ3) is 4.39. The predicted molar refractivity (Wildman–Crippen MR) is 138 cm³/mol. The van der Waals surface area contributed by atoms with Crippen molar-refractivity contribution in [1.29, 1.82) is 0 Å². The number of nitrogens with zero attached hydrogens (tertiary/aromatic N) is 1. The van der Waals surface area contributed by atoms with Crippen LogP contribution >= 0.6 is 0 Å². The van der Waals surface area contributed by atoms with Gasteiger partial charge in [0.2, 0.25) is 5.91 Å². The van der Waals surface area contributed by atoms with E-state index in [9.17, 15) is 18.0 Å². The molecule has 6 rings (SSSR count). The number of aromatic nitrogens is 1. The topological polar surface area (TPSA) is 60.5 Å². The smallest absolute Gasteiger partial charge is 0.232 e. The van der Waals surface area contributed by atoms with Gasteiger partial charge in [-0.05, 0) is 42.9 Å². The van der Waals surface area contributed by atoms with Crippen LogP contribution in [0.4, 0.5) is 18.9 Å². The van der Waals surface area contributed by atoms with Crippen LogP contribution in [-0.2, 0) is 9.53 Å². The van der Waals surface area contributed by atoms with E-state index >= 15 is 0 Å². The maximum atomic E-state index is 14.8. The number of carbonyl (C=O) groups is 1. The van der Waals surface area contributed by atoms with Gasteiger partial charge in [-0.25, -0.2) is 13.2 Å². The largest absolute Gasteiger partial charge is 0.493 e. The lowest BCUT2D eigenvalue weighted by molar-refractivity contribution is -0.118. The third-order valence-corrected chi connectivity index (χ3v) is 7.38. The summed E-state index contributed by atoms with van der Waals surface area (Å²) in [6, 6.07) is 14.2. The first-order valence-electron chi connectivity index (χ1n) is 12.7. The van der Waals surface area contributed by atoms with Crippen LogP contribution in [0.25, 0.3) is 22.0 Å². The van der Waals surface area contributed by atoms with Crippen molar-refractivity contribution >= 4 is 22.5 Å². The average molecular weight is 519 g/mol. The lowest BCUT2D eigenvalue weighted by Gasteiger charge is -2.28. The molecule has 1 unspecified atom stereocenters. The van der Waals surface area contributed by atoms with Crippen molar-refractivity contribution in [3.8, 4) is 16.9 Å². The number of pyridine rings is 1. The van der Waals surface area contributed by atoms with Crippen molar-refractivity contribution in [3.05, 3.63) is 89.4 Å². The molecule has 0 saturated carbocycles. The van der Waals surface area contributed by atoms with Crippen LogP contribution in [0.3, 0.4) is 0 Å². The number of benzene rings is 3. The van der Waals surface area contributed by atoms with Crippen molar-refractivity contribution < 1.29 is 27.4 Å². The Morgan fingerprint density at radius 1 is 0.921 bits per heavy atom. The Kier molecular flexibility index (Phi) is 6.49. The van der Waals surface area contributed by atoms with Crippen LogP contribution in [0.2, 0.25) is 0 Å². The number of rotatable bonds is 4. The number of amides is 1. The summed E-state index contributed by atoms with van der Waals surface area (Å²) < 4.78 is 54.2. The molecule has 0 bridgehead atoms. The monoisotopic (exact) mass is 518 g/mol. The molecule has 1 fully saturated rings. The number of para-hydroxylation sites is 2. The van der Waals surface area contributed by atoms with Crippen molar-refractivity contribution in [2.45, 2.75) is 31.1 Å². The van der Waals surface area contributed by atoms with Gasteiger partial charge in [0.1, 0.15) is 11.6 Å². The SMILES string of the molecule is O=C(Nc1cnc2c(-c3cc(F)cc(F)c3F)cccc2c1C1CCOCC1)C1CCOc2ccccc21. The zero-order valence-electron chi connectivity index (χ0n) is 20.5. The average Bonchev–Trinajstić information content (AvgIpc) is 2.94. The Morgan fingerprint density at radius 3 is 2.58 bits per heavy atom. The minimum atomic E-state index is -1.26. The van der Waals surface area contributed by atoms with E-state index in [1.54, 1.807) is 18.3 Å². The van der Waals surface area contributed by atoms with Gasteiger partial charge < -0.3 is 14.8 Å². The van der Waals surface area contributed by atoms with Crippen LogP contribution < -0.4 is 10.1 Å². The summed E-state index contributed by atoms with van der Waals surface area (Å²) in [5, 5.41) is 3.81. The molecule has 8 heteroatoms. The molecular formula is C30H25F3N2O3. The van der Waals surface area contributed by atoms with Crippen molar-refractivity contribution in [2.75, 3.05) is 25.1 Å². The van der Waals surface area contributed by atoms with Gasteiger partial charge >= 0.3 is 0 Å². The summed E-state index contributed by atoms with van der Waals surface area (Å²) in [5.74, 6) is -3.06. The zero-order chi connectivity index (χ0) is 26.2. The number of nitrogens with one attached hydrogen (secondary N) is 1. The van der Waals surface area contributed by atoms with Gasteiger partial charge in [0.25, 0.3) is 0 Å². The summed E-state index contributed by atoms with van der Waals surface area (Å²) >= 11 is 0. The summed E-state index contributed by atoms with van der Waals surface area (Å²) in [6.07, 6.45) is 3.57. The highest BCUT2D eigenvalue weighted by Gasteiger charge is 2.30. The van der Waals surface area contributed by atoms with E-state index in [0.717, 1.165) is 30.0 Å². The van der Waals surface area contributed by atoms with Crippen LogP contribution in [0, 0.1) is 17.5 Å². The summed E-state index contributed by atoms with van der Waals surface area (Å²) in [6.45, 7) is 1.58. The van der Waals surface area contributed by atoms with Crippen LogP contribution in [0.1, 0.15) is 42.2 Å². The molecule has 4 aromatic rings. The number of ether oxygens (including phenoxy) is 2. The summed E-state index contributed by atoms with van der Waals surface area (Å²) in [7, 11) is 0. The van der Waals surface area contributed by atoms with Gasteiger partial charge in [-0.3, -0.25) is 9.78 Å². The highest BCUT2D eigenvalue weighted by Crippen LogP contribution is 2.41. The van der Waals surface area contributed by atoms with Crippen molar-refractivity contribution in [2.24, 2.45) is 0 Å². The highest BCUT2D eigenvalue weighted by molar-refractivity contribution is 6.02. The van der Waals surface area contributed by atoms with E-state index in [2.05, 4.69) is 10.3 Å². The van der Waals surface area contributed by atoms with E-state index in [1.807, 2.05) is 30.3 Å². The molecule has 3 heterocycles. The molecule has 0 spiro atoms. The quantitative estimate of drug-likeness (QED) is 0.305.